The zero-order chi connectivity index (χ0) is 9.97. The second kappa shape index (κ2) is 3.75. The van der Waals surface area contributed by atoms with Gasteiger partial charge in [-0.2, -0.15) is 5.10 Å². The Morgan fingerprint density at radius 3 is 2.93 bits per heavy atom. The van der Waals surface area contributed by atoms with Crippen LogP contribution in [-0.2, 0) is 11.3 Å². The summed E-state index contributed by atoms with van der Waals surface area (Å²) in [4.78, 5) is 17.0. The standard InChI is InChI=1S/C8H13N5O/c9-7-3-12(4-7)8(14)1-2-13-6-10-5-11-13/h5-7H,1-4,9H2. The second-order valence-corrected chi connectivity index (χ2v) is 3.47. The van der Waals surface area contributed by atoms with Crippen LogP contribution < -0.4 is 5.73 Å². The third-order valence-electron chi connectivity index (χ3n) is 2.28. The number of hydrogen-bond donors (Lipinski definition) is 1. The van der Waals surface area contributed by atoms with Crippen molar-refractivity contribution < 1.29 is 4.79 Å². The van der Waals surface area contributed by atoms with Crippen LogP contribution in [0.15, 0.2) is 12.7 Å². The Hall–Kier alpha value is -1.43. The van der Waals surface area contributed by atoms with E-state index in [0.717, 1.165) is 0 Å². The van der Waals surface area contributed by atoms with Crippen LogP contribution >= 0.6 is 0 Å². The fraction of sp³-hybridized carbons (Fsp3) is 0.625. The molecule has 6 heteroatoms. The van der Waals surface area contributed by atoms with E-state index in [1.807, 2.05) is 0 Å². The van der Waals surface area contributed by atoms with Crippen LogP contribution in [0.5, 0.6) is 0 Å². The Morgan fingerprint density at radius 1 is 1.57 bits per heavy atom. The van der Waals surface area contributed by atoms with Crippen LogP contribution in [0.25, 0.3) is 0 Å². The predicted molar refractivity (Wildman–Crippen MR) is 49.2 cm³/mol. The van der Waals surface area contributed by atoms with E-state index in [4.69, 9.17) is 5.73 Å². The molecule has 2 N–H and O–H groups in total. The smallest absolute Gasteiger partial charge is 0.224 e. The van der Waals surface area contributed by atoms with E-state index in [1.54, 1.807) is 15.9 Å². The van der Waals surface area contributed by atoms with Crippen molar-refractivity contribution in [3.8, 4) is 0 Å². The summed E-state index contributed by atoms with van der Waals surface area (Å²) in [5, 5.41) is 3.92. The molecule has 2 rings (SSSR count). The molecular formula is C8H13N5O. The van der Waals surface area contributed by atoms with Crippen molar-refractivity contribution in [2.45, 2.75) is 19.0 Å². The molecule has 1 aromatic heterocycles. The third-order valence-corrected chi connectivity index (χ3v) is 2.28. The first-order valence-electron chi connectivity index (χ1n) is 4.61. The second-order valence-electron chi connectivity index (χ2n) is 3.47. The summed E-state index contributed by atoms with van der Waals surface area (Å²) in [5.41, 5.74) is 5.58. The molecule has 0 atom stereocenters. The lowest BCUT2D eigenvalue weighted by molar-refractivity contribution is -0.135. The normalized spacial score (nSPS) is 16.8. The molecule has 0 bridgehead atoms. The van der Waals surface area contributed by atoms with Crippen LogP contribution in [0.2, 0.25) is 0 Å². The Balaban J connectivity index is 1.73. The van der Waals surface area contributed by atoms with Crippen LogP contribution in [-0.4, -0.2) is 44.7 Å². The summed E-state index contributed by atoms with van der Waals surface area (Å²) in [6.45, 7) is 1.97. The molecule has 14 heavy (non-hydrogen) atoms. The quantitative estimate of drug-likeness (QED) is 0.659. The zero-order valence-electron chi connectivity index (χ0n) is 7.83. The first-order valence-corrected chi connectivity index (χ1v) is 4.61. The third kappa shape index (κ3) is 1.90. The molecule has 1 aliphatic heterocycles. The molecule has 1 aromatic rings. The minimum atomic E-state index is 0.141. The van der Waals surface area contributed by atoms with E-state index in [0.29, 0.717) is 26.1 Å². The molecule has 6 nitrogen and oxygen atoms in total. The fourth-order valence-electron chi connectivity index (χ4n) is 1.43. The maximum atomic E-state index is 11.5. The topological polar surface area (TPSA) is 77.0 Å². The molecule has 76 valence electrons. The Bertz CT molecular complexity index is 304. The largest absolute Gasteiger partial charge is 0.339 e. The summed E-state index contributed by atoms with van der Waals surface area (Å²) in [6.07, 6.45) is 3.54. The summed E-state index contributed by atoms with van der Waals surface area (Å²) in [5.74, 6) is 0.141. The Kier molecular flexibility index (Phi) is 2.45. The number of hydrogen-bond acceptors (Lipinski definition) is 4. The van der Waals surface area contributed by atoms with E-state index < -0.39 is 0 Å². The highest BCUT2D eigenvalue weighted by Crippen LogP contribution is 2.07. The highest BCUT2D eigenvalue weighted by atomic mass is 16.2. The van der Waals surface area contributed by atoms with Crippen LogP contribution in [0.3, 0.4) is 0 Å². The number of nitrogens with two attached hydrogens (primary N) is 1. The molecule has 1 aliphatic rings. The van der Waals surface area contributed by atoms with Crippen molar-refractivity contribution in [3.63, 3.8) is 0 Å². The molecule has 1 saturated heterocycles. The summed E-state index contributed by atoms with van der Waals surface area (Å²) < 4.78 is 1.65. The van der Waals surface area contributed by atoms with E-state index in [1.165, 1.54) is 6.33 Å². The molecule has 1 amide bonds. The summed E-state index contributed by atoms with van der Waals surface area (Å²) in [6, 6.07) is 0.172. The van der Waals surface area contributed by atoms with Gasteiger partial charge in [-0.05, 0) is 0 Å². The lowest BCUT2D eigenvalue weighted by Gasteiger charge is -2.36. The van der Waals surface area contributed by atoms with E-state index >= 15 is 0 Å². The predicted octanol–water partition coefficient (Wildman–Crippen LogP) is -1.16. The molecule has 0 unspecified atom stereocenters. The van der Waals surface area contributed by atoms with E-state index in [2.05, 4.69) is 10.1 Å². The Morgan fingerprint density at radius 2 is 2.36 bits per heavy atom. The van der Waals surface area contributed by atoms with Gasteiger partial charge in [0.25, 0.3) is 0 Å². The van der Waals surface area contributed by atoms with Crippen molar-refractivity contribution in [2.24, 2.45) is 5.73 Å². The highest BCUT2D eigenvalue weighted by Gasteiger charge is 2.26. The molecule has 0 aliphatic carbocycles. The molecule has 0 spiro atoms. The van der Waals surface area contributed by atoms with Crippen LogP contribution in [0.4, 0.5) is 0 Å². The van der Waals surface area contributed by atoms with Crippen molar-refractivity contribution >= 4 is 5.91 Å². The van der Waals surface area contributed by atoms with Crippen molar-refractivity contribution in [2.75, 3.05) is 13.1 Å². The van der Waals surface area contributed by atoms with Crippen molar-refractivity contribution in [1.29, 1.82) is 0 Å². The average Bonchev–Trinajstić information content (AvgIpc) is 2.61. The number of aromatic nitrogens is 3. The Labute approximate surface area is 81.7 Å². The number of carbonyl (C=O) groups is 1. The van der Waals surface area contributed by atoms with Gasteiger partial charge < -0.3 is 10.6 Å². The number of amides is 1. The van der Waals surface area contributed by atoms with Gasteiger partial charge in [0, 0.05) is 25.6 Å². The van der Waals surface area contributed by atoms with Gasteiger partial charge in [0.1, 0.15) is 12.7 Å². The lowest BCUT2D eigenvalue weighted by atomic mass is 10.1. The molecule has 0 radical (unpaired) electrons. The van der Waals surface area contributed by atoms with E-state index in [-0.39, 0.29) is 11.9 Å². The molecule has 2 heterocycles. The number of carbonyl (C=O) groups excluding carboxylic acids is 1. The maximum Gasteiger partial charge on any atom is 0.224 e. The van der Waals surface area contributed by atoms with Gasteiger partial charge in [0.15, 0.2) is 0 Å². The molecule has 1 fully saturated rings. The average molecular weight is 195 g/mol. The van der Waals surface area contributed by atoms with Crippen molar-refractivity contribution in [3.05, 3.63) is 12.7 Å². The first kappa shape index (κ1) is 9.14. The number of aryl methyl sites for hydroxylation is 1. The number of rotatable bonds is 3. The van der Waals surface area contributed by atoms with Gasteiger partial charge in [-0.3, -0.25) is 9.48 Å². The zero-order valence-corrected chi connectivity index (χ0v) is 7.83. The van der Waals surface area contributed by atoms with Gasteiger partial charge in [0.05, 0.1) is 6.54 Å². The number of nitrogens with zero attached hydrogens (tertiary/aromatic N) is 4. The highest BCUT2D eigenvalue weighted by molar-refractivity contribution is 5.77. The van der Waals surface area contributed by atoms with Gasteiger partial charge >= 0.3 is 0 Å². The van der Waals surface area contributed by atoms with Gasteiger partial charge in [-0.1, -0.05) is 0 Å². The lowest BCUT2D eigenvalue weighted by Crippen LogP contribution is -2.57. The monoisotopic (exact) mass is 195 g/mol. The minimum Gasteiger partial charge on any atom is -0.339 e. The fourth-order valence-corrected chi connectivity index (χ4v) is 1.43. The van der Waals surface area contributed by atoms with Gasteiger partial charge in [-0.25, -0.2) is 4.98 Å². The van der Waals surface area contributed by atoms with Crippen LogP contribution in [0.1, 0.15) is 6.42 Å². The van der Waals surface area contributed by atoms with Gasteiger partial charge in [0.2, 0.25) is 5.91 Å². The SMILES string of the molecule is NC1CN(C(=O)CCn2cncn2)C1. The summed E-state index contributed by atoms with van der Waals surface area (Å²) in [7, 11) is 0. The molecular weight excluding hydrogens is 182 g/mol. The minimum absolute atomic E-state index is 0.141. The molecule has 0 saturated carbocycles. The van der Waals surface area contributed by atoms with Crippen molar-refractivity contribution in [1.82, 2.24) is 19.7 Å². The first-order chi connectivity index (χ1) is 6.75. The maximum absolute atomic E-state index is 11.5. The van der Waals surface area contributed by atoms with E-state index in [9.17, 15) is 4.79 Å². The van der Waals surface area contributed by atoms with Crippen LogP contribution in [0, 0.1) is 0 Å². The summed E-state index contributed by atoms with van der Waals surface area (Å²) >= 11 is 0. The molecule has 0 aromatic carbocycles. The van der Waals surface area contributed by atoms with Gasteiger partial charge in [-0.15, -0.1) is 0 Å². The number of likely N-dealkylation sites (tertiary alicyclic amines) is 1.